The number of aryl methyl sites for hydroxylation is 2. The molecule has 0 radical (unpaired) electrons. The Morgan fingerprint density at radius 1 is 0.511 bits per heavy atom. The fraction of sp³-hybridized carbons (Fsp3) is 0.364. The third-order valence-corrected chi connectivity index (χ3v) is 12.5. The van der Waals surface area contributed by atoms with Crippen molar-refractivity contribution in [2.45, 2.75) is 103 Å². The lowest BCUT2D eigenvalue weighted by atomic mass is 9.88. The average Bonchev–Trinajstić information content (AvgIpc) is 3.63. The van der Waals surface area contributed by atoms with Crippen molar-refractivity contribution in [3.05, 3.63) is 129 Å². The van der Waals surface area contributed by atoms with E-state index in [0.717, 1.165) is 12.8 Å². The van der Waals surface area contributed by atoms with E-state index in [1.165, 1.54) is 95.1 Å². The molecular weight excluding hydrogens is 557 g/mol. The third-order valence-electron chi connectivity index (χ3n) is 10.5. The molecule has 4 aromatic rings. The van der Waals surface area contributed by atoms with Crippen LogP contribution in [0.1, 0.15) is 111 Å². The lowest BCUT2D eigenvalue weighted by Crippen LogP contribution is -2.09. The first-order valence-electron chi connectivity index (χ1n) is 18.0. The number of benzene rings is 4. The Morgan fingerprint density at radius 3 is 1.31 bits per heavy atom. The van der Waals surface area contributed by atoms with Crippen LogP contribution >= 0.6 is 0 Å². The Kier molecular flexibility index (Phi) is 10.4. The summed E-state index contributed by atoms with van der Waals surface area (Å²) in [5, 5.41) is 0. The van der Waals surface area contributed by atoms with Crippen molar-refractivity contribution in [3.8, 4) is 22.3 Å². The molecule has 0 N–H and O–H groups in total. The molecule has 232 valence electrons. The van der Waals surface area contributed by atoms with Crippen LogP contribution in [0, 0.1) is 0 Å². The van der Waals surface area contributed by atoms with E-state index in [4.69, 9.17) is 0 Å². The zero-order valence-corrected chi connectivity index (χ0v) is 29.6. The second-order valence-electron chi connectivity index (χ2n) is 13.3. The van der Waals surface area contributed by atoms with E-state index in [-0.39, 0.29) is 9.52 Å². The van der Waals surface area contributed by atoms with Crippen LogP contribution in [0.3, 0.4) is 0 Å². The van der Waals surface area contributed by atoms with Crippen LogP contribution in [-0.4, -0.2) is 9.52 Å². The van der Waals surface area contributed by atoms with Crippen LogP contribution in [0.15, 0.2) is 96.1 Å². The average molecular weight is 609 g/mol. The molecule has 0 heterocycles. The first kappa shape index (κ1) is 31.6. The van der Waals surface area contributed by atoms with Gasteiger partial charge in [-0.1, -0.05) is 161 Å². The van der Waals surface area contributed by atoms with Crippen molar-refractivity contribution in [1.29, 1.82) is 0 Å². The molecule has 0 saturated carbocycles. The largest absolute Gasteiger partial charge is 0.0654 e. The molecule has 2 aliphatic rings. The summed E-state index contributed by atoms with van der Waals surface area (Å²) in [4.78, 5) is 0. The summed E-state index contributed by atoms with van der Waals surface area (Å²) in [7, 11) is -0.298. The zero-order chi connectivity index (χ0) is 31.2. The molecule has 2 aliphatic carbocycles. The summed E-state index contributed by atoms with van der Waals surface area (Å²) in [6.45, 7) is 9.30. The first-order valence-corrected chi connectivity index (χ1v) is 20.0. The summed E-state index contributed by atoms with van der Waals surface area (Å²) < 4.78 is 0. The van der Waals surface area contributed by atoms with Crippen molar-refractivity contribution >= 4 is 21.7 Å². The number of allylic oxidation sites excluding steroid dienone is 2. The van der Waals surface area contributed by atoms with E-state index in [1.807, 2.05) is 0 Å². The van der Waals surface area contributed by atoms with Gasteiger partial charge in [-0.15, -0.1) is 0 Å². The molecule has 1 heteroatoms. The number of unbranched alkanes of at least 4 members (excludes halogenated alkanes) is 2. The molecule has 0 aliphatic heterocycles. The molecule has 6 rings (SSSR count). The van der Waals surface area contributed by atoms with E-state index in [0.29, 0.717) is 11.8 Å². The Morgan fingerprint density at radius 2 is 0.933 bits per heavy atom. The second-order valence-corrected chi connectivity index (χ2v) is 15.2. The van der Waals surface area contributed by atoms with Crippen molar-refractivity contribution in [1.82, 2.24) is 0 Å². The highest BCUT2D eigenvalue weighted by molar-refractivity contribution is 6.36. The topological polar surface area (TPSA) is 0 Å². The van der Waals surface area contributed by atoms with Crippen molar-refractivity contribution in [2.24, 2.45) is 0 Å². The number of hydrogen-bond acceptors (Lipinski definition) is 0. The van der Waals surface area contributed by atoms with E-state index in [2.05, 4.69) is 125 Å². The SMILES string of the molecule is CCCCC1=Cc2c(ccc(CC)c2-c2ccccc2)C1C[SiH2]CC1C(CCCC)=Cc2c1ccc(CC)c2-c1ccccc1. The van der Waals surface area contributed by atoms with Crippen LogP contribution in [0.2, 0.25) is 12.1 Å². The second kappa shape index (κ2) is 14.8. The van der Waals surface area contributed by atoms with E-state index in [1.54, 1.807) is 22.3 Å². The highest BCUT2D eigenvalue weighted by Crippen LogP contribution is 2.49. The molecule has 4 aromatic carbocycles. The molecule has 0 nitrogen and oxygen atoms in total. The van der Waals surface area contributed by atoms with Gasteiger partial charge in [-0.3, -0.25) is 0 Å². The fourth-order valence-electron chi connectivity index (χ4n) is 8.19. The third kappa shape index (κ3) is 6.47. The molecule has 0 bridgehead atoms. The highest BCUT2D eigenvalue weighted by Gasteiger charge is 2.31. The van der Waals surface area contributed by atoms with E-state index in [9.17, 15) is 0 Å². The minimum absolute atomic E-state index is 0.298. The number of rotatable bonds is 14. The van der Waals surface area contributed by atoms with Gasteiger partial charge in [-0.2, -0.15) is 0 Å². The van der Waals surface area contributed by atoms with Crippen molar-refractivity contribution < 1.29 is 0 Å². The maximum atomic E-state index is 2.63. The maximum absolute atomic E-state index is 2.63. The lowest BCUT2D eigenvalue weighted by Gasteiger charge is -2.22. The number of fused-ring (bicyclic) bond motifs is 2. The molecule has 0 aromatic heterocycles. The summed E-state index contributed by atoms with van der Waals surface area (Å²) in [5.74, 6) is 1.22. The molecule has 0 saturated heterocycles. The van der Waals surface area contributed by atoms with Gasteiger partial charge in [0.25, 0.3) is 0 Å². The minimum atomic E-state index is -0.298. The molecule has 0 fully saturated rings. The summed E-state index contributed by atoms with van der Waals surface area (Å²) >= 11 is 0. The smallest absolute Gasteiger partial charge is 0.0218 e. The Hall–Kier alpha value is -3.42. The van der Waals surface area contributed by atoms with Gasteiger partial charge >= 0.3 is 0 Å². The van der Waals surface area contributed by atoms with Gasteiger partial charge in [-0.25, -0.2) is 0 Å². The van der Waals surface area contributed by atoms with Gasteiger partial charge in [0.1, 0.15) is 0 Å². The van der Waals surface area contributed by atoms with E-state index < -0.39 is 0 Å². The van der Waals surface area contributed by atoms with Crippen LogP contribution in [-0.2, 0) is 12.8 Å². The quantitative estimate of drug-likeness (QED) is 0.125. The van der Waals surface area contributed by atoms with Crippen molar-refractivity contribution in [3.63, 3.8) is 0 Å². The van der Waals surface area contributed by atoms with Gasteiger partial charge in [0.05, 0.1) is 0 Å². The van der Waals surface area contributed by atoms with Crippen LogP contribution in [0.25, 0.3) is 34.4 Å². The zero-order valence-electron chi connectivity index (χ0n) is 28.2. The van der Waals surface area contributed by atoms with Gasteiger partial charge in [0.15, 0.2) is 0 Å². The van der Waals surface area contributed by atoms with E-state index >= 15 is 0 Å². The monoisotopic (exact) mass is 608 g/mol. The van der Waals surface area contributed by atoms with Gasteiger partial charge in [0.2, 0.25) is 0 Å². The Bertz CT molecular complexity index is 1530. The van der Waals surface area contributed by atoms with Crippen molar-refractivity contribution in [2.75, 3.05) is 0 Å². The summed E-state index contributed by atoms with van der Waals surface area (Å²) in [6, 6.07) is 35.0. The first-order chi connectivity index (χ1) is 22.2. The fourth-order valence-corrected chi connectivity index (χ4v) is 10.6. The molecular formula is C44H52Si. The van der Waals surface area contributed by atoms with Gasteiger partial charge in [-0.05, 0) is 94.2 Å². The summed E-state index contributed by atoms with van der Waals surface area (Å²) in [6.07, 6.45) is 15.0. The van der Waals surface area contributed by atoms with Crippen LogP contribution in [0.4, 0.5) is 0 Å². The molecule has 0 spiro atoms. The molecule has 2 unspecified atom stereocenters. The lowest BCUT2D eigenvalue weighted by molar-refractivity contribution is 0.730. The van der Waals surface area contributed by atoms with Gasteiger partial charge in [0, 0.05) is 21.4 Å². The van der Waals surface area contributed by atoms with Gasteiger partial charge < -0.3 is 0 Å². The molecule has 45 heavy (non-hydrogen) atoms. The predicted octanol–water partition coefficient (Wildman–Crippen LogP) is 12.2. The Balaban J connectivity index is 1.30. The van der Waals surface area contributed by atoms with Crippen LogP contribution < -0.4 is 0 Å². The standard InChI is InChI=1S/C44H52Si/c1-5-9-17-35-27-39-37(25-23-31(7-3)43(39)33-19-13-11-14-20-33)41(35)29-45-30-42-36(18-10-6-2)28-40-38(42)26-24-32(8-4)44(40)34-21-15-12-16-22-34/h11-16,19-28,41-42H,5-10,17-18,29-30,45H2,1-4H3. The molecule has 0 amide bonds. The predicted molar refractivity (Wildman–Crippen MR) is 201 cm³/mol. The normalized spacial score (nSPS) is 17.1. The summed E-state index contributed by atoms with van der Waals surface area (Å²) in [5.41, 5.74) is 18.4. The minimum Gasteiger partial charge on any atom is -0.0654 e. The van der Waals surface area contributed by atoms with Crippen LogP contribution in [0.5, 0.6) is 0 Å². The Labute approximate surface area is 275 Å². The highest BCUT2D eigenvalue weighted by atomic mass is 28.2. The maximum Gasteiger partial charge on any atom is 0.0218 e. The number of hydrogen-bond donors (Lipinski definition) is 0. The molecule has 2 atom stereocenters.